The Morgan fingerprint density at radius 1 is 1.10 bits per heavy atom. The van der Waals surface area contributed by atoms with Crippen molar-refractivity contribution < 1.29 is 14.3 Å². The number of benzene rings is 2. The minimum Gasteiger partial charge on any atom is -0.492 e. The van der Waals surface area contributed by atoms with E-state index in [9.17, 15) is 9.90 Å². The van der Waals surface area contributed by atoms with Crippen molar-refractivity contribution in [2.24, 2.45) is 0 Å². The van der Waals surface area contributed by atoms with Crippen LogP contribution in [0, 0.1) is 6.92 Å². The highest BCUT2D eigenvalue weighted by atomic mass is 32.1. The van der Waals surface area contributed by atoms with Gasteiger partial charge in [-0.1, -0.05) is 42.5 Å². The highest BCUT2D eigenvalue weighted by molar-refractivity contribution is 7.12. The number of aromatic amines is 1. The highest BCUT2D eigenvalue weighted by Crippen LogP contribution is 2.28. The number of thiazole rings is 1. The molecule has 2 N–H and O–H groups in total. The van der Waals surface area contributed by atoms with Crippen molar-refractivity contribution in [3.8, 4) is 22.9 Å². The monoisotopic (exact) mass is 422 g/mol. The summed E-state index contributed by atoms with van der Waals surface area (Å²) in [5.74, 6) is 0.280. The minimum absolute atomic E-state index is 0.184. The number of ether oxygens (including phenoxy) is 1. The number of rotatable bonds is 8. The van der Waals surface area contributed by atoms with Crippen LogP contribution in [0.3, 0.4) is 0 Å². The second-order valence-electron chi connectivity index (χ2n) is 6.95. The van der Waals surface area contributed by atoms with Gasteiger partial charge in [0.15, 0.2) is 5.76 Å². The van der Waals surface area contributed by atoms with E-state index < -0.39 is 5.76 Å². The first-order valence-corrected chi connectivity index (χ1v) is 10.5. The molecular formula is C23H22N2O4S. The number of hydrogen-bond donors (Lipinski definition) is 2. The lowest BCUT2D eigenvalue weighted by atomic mass is 10.1. The van der Waals surface area contributed by atoms with E-state index in [0.29, 0.717) is 18.8 Å². The molecular weight excluding hydrogens is 400 g/mol. The summed E-state index contributed by atoms with van der Waals surface area (Å²) in [5.41, 5.74) is 3.28. The van der Waals surface area contributed by atoms with E-state index >= 15 is 0 Å². The van der Waals surface area contributed by atoms with Gasteiger partial charge in [-0.15, -0.1) is 11.3 Å². The van der Waals surface area contributed by atoms with E-state index in [1.165, 1.54) is 4.88 Å². The number of aryl methyl sites for hydroxylation is 3. The first-order valence-electron chi connectivity index (χ1n) is 9.73. The van der Waals surface area contributed by atoms with E-state index in [-0.39, 0.29) is 5.88 Å². The Morgan fingerprint density at radius 3 is 2.57 bits per heavy atom. The molecule has 0 aliphatic carbocycles. The average molecular weight is 423 g/mol. The Bertz CT molecular complexity index is 1160. The quantitative estimate of drug-likeness (QED) is 0.423. The molecule has 0 aliphatic rings. The molecule has 4 rings (SSSR count). The van der Waals surface area contributed by atoms with Crippen molar-refractivity contribution in [1.82, 2.24) is 9.97 Å². The normalized spacial score (nSPS) is 11.0. The fourth-order valence-electron chi connectivity index (χ4n) is 3.25. The van der Waals surface area contributed by atoms with Crippen LogP contribution in [0.25, 0.3) is 11.3 Å². The molecule has 0 aliphatic heterocycles. The van der Waals surface area contributed by atoms with Gasteiger partial charge in [-0.3, -0.25) is 4.98 Å². The SMILES string of the molecule is Cc1sc(COc2ccc(CCCc3oc(=O)[nH]c3O)cc2)nc1-c1ccccc1. The van der Waals surface area contributed by atoms with Crippen LogP contribution in [0.4, 0.5) is 0 Å². The van der Waals surface area contributed by atoms with Gasteiger partial charge >= 0.3 is 5.76 Å². The van der Waals surface area contributed by atoms with Crippen molar-refractivity contribution in [1.29, 1.82) is 0 Å². The van der Waals surface area contributed by atoms with E-state index in [4.69, 9.17) is 14.1 Å². The average Bonchev–Trinajstić information content (AvgIpc) is 3.29. The van der Waals surface area contributed by atoms with Crippen LogP contribution in [-0.4, -0.2) is 15.1 Å². The molecule has 0 radical (unpaired) electrons. The van der Waals surface area contributed by atoms with Crippen LogP contribution in [0.2, 0.25) is 0 Å². The van der Waals surface area contributed by atoms with Gasteiger partial charge in [0, 0.05) is 16.9 Å². The molecule has 7 heteroatoms. The maximum Gasteiger partial charge on any atom is 0.419 e. The van der Waals surface area contributed by atoms with Gasteiger partial charge in [0.05, 0.1) is 5.69 Å². The fourth-order valence-corrected chi connectivity index (χ4v) is 4.12. The molecule has 2 aromatic carbocycles. The smallest absolute Gasteiger partial charge is 0.419 e. The van der Waals surface area contributed by atoms with Gasteiger partial charge in [-0.2, -0.15) is 0 Å². The van der Waals surface area contributed by atoms with Gasteiger partial charge in [0.2, 0.25) is 5.88 Å². The van der Waals surface area contributed by atoms with Crippen LogP contribution in [-0.2, 0) is 19.4 Å². The molecule has 30 heavy (non-hydrogen) atoms. The topological polar surface area (TPSA) is 88.3 Å². The first-order chi connectivity index (χ1) is 14.6. The van der Waals surface area contributed by atoms with Crippen LogP contribution in [0.1, 0.15) is 27.6 Å². The van der Waals surface area contributed by atoms with E-state index in [2.05, 4.69) is 24.0 Å². The molecule has 0 bridgehead atoms. The Kier molecular flexibility index (Phi) is 5.99. The molecule has 0 spiro atoms. The maximum atomic E-state index is 11.0. The number of oxazole rings is 1. The second kappa shape index (κ2) is 9.00. The van der Waals surface area contributed by atoms with Crippen molar-refractivity contribution in [2.75, 3.05) is 0 Å². The number of H-pyrrole nitrogens is 1. The summed E-state index contributed by atoms with van der Waals surface area (Å²) in [6, 6.07) is 18.1. The van der Waals surface area contributed by atoms with Gasteiger partial charge in [0.25, 0.3) is 0 Å². The third-order valence-corrected chi connectivity index (χ3v) is 5.69. The summed E-state index contributed by atoms with van der Waals surface area (Å²) in [4.78, 5) is 19.2. The fraction of sp³-hybridized carbons (Fsp3) is 0.217. The number of aromatic nitrogens is 2. The summed E-state index contributed by atoms with van der Waals surface area (Å²) in [6.45, 7) is 2.51. The molecule has 0 saturated carbocycles. The van der Waals surface area contributed by atoms with Crippen molar-refractivity contribution >= 4 is 11.3 Å². The van der Waals surface area contributed by atoms with Crippen molar-refractivity contribution in [3.05, 3.63) is 86.4 Å². The Balaban J connectivity index is 1.30. The molecule has 6 nitrogen and oxygen atoms in total. The minimum atomic E-state index is -0.629. The largest absolute Gasteiger partial charge is 0.492 e. The molecule has 0 atom stereocenters. The number of hydrogen-bond acceptors (Lipinski definition) is 6. The molecule has 0 amide bonds. The third-order valence-electron chi connectivity index (χ3n) is 4.74. The molecule has 2 heterocycles. The maximum absolute atomic E-state index is 11.0. The van der Waals surface area contributed by atoms with Gasteiger partial charge in [-0.05, 0) is 37.5 Å². The number of nitrogens with one attached hydrogen (secondary N) is 1. The summed E-state index contributed by atoms with van der Waals surface area (Å²) in [5, 5.41) is 10.5. The lowest BCUT2D eigenvalue weighted by Gasteiger charge is -2.06. The second-order valence-corrected chi connectivity index (χ2v) is 8.24. The molecule has 0 saturated heterocycles. The zero-order valence-corrected chi connectivity index (χ0v) is 17.4. The standard InChI is InChI=1S/C23H22N2O4S/c1-15-21(17-7-3-2-4-8-17)24-20(30-15)14-28-18-12-10-16(11-13-18)6-5-9-19-22(26)25-23(27)29-19/h2-4,7-8,10-13,26H,5-6,9,14H2,1H3,(H,25,27). The third kappa shape index (κ3) is 4.80. The highest BCUT2D eigenvalue weighted by Gasteiger charge is 2.10. The van der Waals surface area contributed by atoms with Gasteiger partial charge < -0.3 is 14.3 Å². The van der Waals surface area contributed by atoms with Crippen LogP contribution in [0.5, 0.6) is 11.6 Å². The van der Waals surface area contributed by atoms with Crippen LogP contribution in [0.15, 0.2) is 63.8 Å². The van der Waals surface area contributed by atoms with Crippen LogP contribution < -0.4 is 10.5 Å². The van der Waals surface area contributed by atoms with Crippen molar-refractivity contribution in [3.63, 3.8) is 0 Å². The zero-order valence-electron chi connectivity index (χ0n) is 16.6. The van der Waals surface area contributed by atoms with Gasteiger partial charge in [0.1, 0.15) is 17.4 Å². The van der Waals surface area contributed by atoms with Gasteiger partial charge in [-0.25, -0.2) is 9.78 Å². The Labute approximate surface area is 177 Å². The van der Waals surface area contributed by atoms with E-state index in [0.717, 1.165) is 40.4 Å². The summed E-state index contributed by atoms with van der Waals surface area (Å²) in [7, 11) is 0. The lowest BCUT2D eigenvalue weighted by Crippen LogP contribution is -1.96. The number of aromatic hydroxyl groups is 1. The van der Waals surface area contributed by atoms with Crippen molar-refractivity contribution in [2.45, 2.75) is 32.8 Å². The molecule has 0 fully saturated rings. The van der Waals surface area contributed by atoms with E-state index in [1.807, 2.05) is 42.5 Å². The predicted molar refractivity (Wildman–Crippen MR) is 116 cm³/mol. The summed E-state index contributed by atoms with van der Waals surface area (Å²) < 4.78 is 10.8. The molecule has 154 valence electrons. The molecule has 4 aromatic rings. The summed E-state index contributed by atoms with van der Waals surface area (Å²) >= 11 is 1.65. The predicted octanol–water partition coefficient (Wildman–Crippen LogP) is 4.86. The van der Waals surface area contributed by atoms with E-state index in [1.54, 1.807) is 11.3 Å². The van der Waals surface area contributed by atoms with Crippen LogP contribution >= 0.6 is 11.3 Å². The molecule has 0 unspecified atom stereocenters. The molecule has 2 aromatic heterocycles. The summed E-state index contributed by atoms with van der Waals surface area (Å²) in [6.07, 6.45) is 2.06. The first kappa shape index (κ1) is 20.0. The lowest BCUT2D eigenvalue weighted by molar-refractivity contribution is 0.305. The number of nitrogens with zero attached hydrogens (tertiary/aromatic N) is 1. The Morgan fingerprint density at radius 2 is 1.87 bits per heavy atom. The Hall–Kier alpha value is -3.32. The zero-order chi connectivity index (χ0) is 20.9.